The van der Waals surface area contributed by atoms with Crippen LogP contribution >= 0.6 is 0 Å². The quantitative estimate of drug-likeness (QED) is 0.823. The highest BCUT2D eigenvalue weighted by atomic mass is 19.1. The Morgan fingerprint density at radius 2 is 1.90 bits per heavy atom. The first kappa shape index (κ1) is 14.9. The Labute approximate surface area is 122 Å². The maximum absolute atomic E-state index is 13.8. The number of hydrogen-bond acceptors (Lipinski definition) is 2. The second-order valence-electron chi connectivity index (χ2n) is 4.41. The van der Waals surface area contributed by atoms with Gasteiger partial charge in [-0.1, -0.05) is 54.6 Å². The predicted molar refractivity (Wildman–Crippen MR) is 78.5 cm³/mol. The van der Waals surface area contributed by atoms with Crippen molar-refractivity contribution in [2.75, 3.05) is 6.61 Å². The number of carbonyl (C=O) groups is 1. The van der Waals surface area contributed by atoms with Gasteiger partial charge in [-0.25, -0.2) is 9.18 Å². The summed E-state index contributed by atoms with van der Waals surface area (Å²) >= 11 is 0. The highest BCUT2D eigenvalue weighted by Crippen LogP contribution is 2.14. The van der Waals surface area contributed by atoms with Gasteiger partial charge < -0.3 is 9.84 Å². The molecule has 0 bridgehead atoms. The Hall–Kier alpha value is -2.46. The molecule has 0 saturated heterocycles. The van der Waals surface area contributed by atoms with E-state index in [0.717, 1.165) is 5.56 Å². The standard InChI is InChI=1S/C17H15FO3/c18-16-14(9-4-10-15(16)17(19)20)12-21-11-5-8-13-6-2-1-3-7-13/h1-10H,11-12H2,(H,19,20)/b8-5+. The molecule has 1 N–H and O–H groups in total. The van der Waals surface area contributed by atoms with Crippen molar-refractivity contribution in [2.45, 2.75) is 6.61 Å². The number of carboxylic acid groups (broad SMARTS) is 1. The van der Waals surface area contributed by atoms with Gasteiger partial charge in [0.2, 0.25) is 0 Å². The van der Waals surface area contributed by atoms with Crippen LogP contribution in [0.25, 0.3) is 6.08 Å². The number of benzene rings is 2. The number of halogens is 1. The van der Waals surface area contributed by atoms with Gasteiger partial charge in [-0.3, -0.25) is 0 Å². The van der Waals surface area contributed by atoms with Crippen LogP contribution in [0.5, 0.6) is 0 Å². The minimum atomic E-state index is -1.28. The molecule has 2 rings (SSSR count). The van der Waals surface area contributed by atoms with Crippen molar-refractivity contribution in [3.63, 3.8) is 0 Å². The van der Waals surface area contributed by atoms with Crippen molar-refractivity contribution in [1.29, 1.82) is 0 Å². The molecule has 0 aliphatic rings. The van der Waals surface area contributed by atoms with Gasteiger partial charge in [-0.2, -0.15) is 0 Å². The summed E-state index contributed by atoms with van der Waals surface area (Å²) in [6.07, 6.45) is 3.73. The lowest BCUT2D eigenvalue weighted by Gasteiger charge is -2.05. The van der Waals surface area contributed by atoms with Crippen molar-refractivity contribution in [2.24, 2.45) is 0 Å². The molecular formula is C17H15FO3. The Balaban J connectivity index is 1.88. The van der Waals surface area contributed by atoms with Gasteiger partial charge >= 0.3 is 5.97 Å². The van der Waals surface area contributed by atoms with Gasteiger partial charge in [0.05, 0.1) is 18.8 Å². The zero-order valence-electron chi connectivity index (χ0n) is 11.3. The van der Waals surface area contributed by atoms with Crippen LogP contribution in [-0.4, -0.2) is 17.7 Å². The van der Waals surface area contributed by atoms with E-state index in [4.69, 9.17) is 9.84 Å². The first-order valence-corrected chi connectivity index (χ1v) is 6.48. The first-order chi connectivity index (χ1) is 10.2. The van der Waals surface area contributed by atoms with Gasteiger partial charge in [0.25, 0.3) is 0 Å². The molecule has 108 valence electrons. The average Bonchev–Trinajstić information content (AvgIpc) is 2.49. The van der Waals surface area contributed by atoms with E-state index in [1.807, 2.05) is 42.5 Å². The minimum Gasteiger partial charge on any atom is -0.478 e. The largest absolute Gasteiger partial charge is 0.478 e. The van der Waals surface area contributed by atoms with Crippen LogP contribution in [0.2, 0.25) is 0 Å². The molecule has 0 heterocycles. The van der Waals surface area contributed by atoms with Crippen LogP contribution in [0.15, 0.2) is 54.6 Å². The molecule has 0 aromatic heterocycles. The van der Waals surface area contributed by atoms with Gasteiger partial charge in [-0.15, -0.1) is 0 Å². The molecular weight excluding hydrogens is 271 g/mol. The summed E-state index contributed by atoms with van der Waals surface area (Å²) < 4.78 is 19.2. The Morgan fingerprint density at radius 3 is 2.62 bits per heavy atom. The summed E-state index contributed by atoms with van der Waals surface area (Å²) in [7, 11) is 0. The van der Waals surface area contributed by atoms with Crippen molar-refractivity contribution < 1.29 is 19.0 Å². The molecule has 21 heavy (non-hydrogen) atoms. The SMILES string of the molecule is O=C(O)c1cccc(COC/C=C/c2ccccc2)c1F. The summed E-state index contributed by atoms with van der Waals surface area (Å²) in [6.45, 7) is 0.359. The molecule has 0 atom stereocenters. The number of hydrogen-bond donors (Lipinski definition) is 1. The highest BCUT2D eigenvalue weighted by Gasteiger charge is 2.13. The molecule has 3 nitrogen and oxygen atoms in total. The monoisotopic (exact) mass is 286 g/mol. The number of aromatic carboxylic acids is 1. The smallest absolute Gasteiger partial charge is 0.338 e. The molecule has 0 fully saturated rings. The fraction of sp³-hybridized carbons (Fsp3) is 0.118. The summed E-state index contributed by atoms with van der Waals surface area (Å²) in [5.74, 6) is -2.02. The molecule has 0 spiro atoms. The van der Waals surface area contributed by atoms with Crippen LogP contribution < -0.4 is 0 Å². The fourth-order valence-corrected chi connectivity index (χ4v) is 1.84. The topological polar surface area (TPSA) is 46.5 Å². The van der Waals surface area contributed by atoms with Gasteiger partial charge in [0.15, 0.2) is 0 Å². The molecule has 4 heteroatoms. The van der Waals surface area contributed by atoms with Crippen LogP contribution in [-0.2, 0) is 11.3 Å². The van der Waals surface area contributed by atoms with Crippen LogP contribution in [0.1, 0.15) is 21.5 Å². The summed E-state index contributed by atoms with van der Waals surface area (Å²) in [5, 5.41) is 8.83. The molecule has 0 aliphatic carbocycles. The number of carboxylic acids is 1. The summed E-state index contributed by atoms with van der Waals surface area (Å²) in [4.78, 5) is 10.8. The van der Waals surface area contributed by atoms with E-state index in [1.165, 1.54) is 18.2 Å². The van der Waals surface area contributed by atoms with Crippen molar-refractivity contribution in [3.05, 3.63) is 77.1 Å². The predicted octanol–water partition coefficient (Wildman–Crippen LogP) is 3.75. The van der Waals surface area contributed by atoms with Crippen molar-refractivity contribution >= 4 is 12.0 Å². The molecule has 0 radical (unpaired) electrons. The van der Waals surface area contributed by atoms with E-state index >= 15 is 0 Å². The van der Waals surface area contributed by atoms with Gasteiger partial charge in [0, 0.05) is 5.56 Å². The zero-order valence-corrected chi connectivity index (χ0v) is 11.3. The van der Waals surface area contributed by atoms with Crippen molar-refractivity contribution in [3.8, 4) is 0 Å². The third-order valence-corrected chi connectivity index (χ3v) is 2.89. The van der Waals surface area contributed by atoms with Crippen LogP contribution in [0.4, 0.5) is 4.39 Å². The zero-order chi connectivity index (χ0) is 15.1. The molecule has 0 aliphatic heterocycles. The van der Waals surface area contributed by atoms with Crippen LogP contribution in [0, 0.1) is 5.82 Å². The normalized spacial score (nSPS) is 10.9. The second-order valence-corrected chi connectivity index (χ2v) is 4.41. The van der Waals surface area contributed by atoms with E-state index in [-0.39, 0.29) is 17.7 Å². The third kappa shape index (κ3) is 4.26. The Bertz CT molecular complexity index is 636. The summed E-state index contributed by atoms with van der Waals surface area (Å²) in [5.41, 5.74) is 0.957. The lowest BCUT2D eigenvalue weighted by atomic mass is 10.1. The molecule has 2 aromatic carbocycles. The van der Waals surface area contributed by atoms with E-state index in [1.54, 1.807) is 0 Å². The van der Waals surface area contributed by atoms with Gasteiger partial charge in [-0.05, 0) is 11.6 Å². The fourth-order valence-electron chi connectivity index (χ4n) is 1.84. The Kier molecular flexibility index (Phi) is 5.23. The lowest BCUT2D eigenvalue weighted by molar-refractivity contribution is 0.0690. The highest BCUT2D eigenvalue weighted by molar-refractivity contribution is 5.88. The molecule has 0 saturated carbocycles. The van der Waals surface area contributed by atoms with E-state index in [2.05, 4.69) is 0 Å². The van der Waals surface area contributed by atoms with E-state index in [0.29, 0.717) is 6.61 Å². The third-order valence-electron chi connectivity index (χ3n) is 2.89. The molecule has 0 unspecified atom stereocenters. The van der Waals surface area contributed by atoms with Gasteiger partial charge in [0.1, 0.15) is 5.82 Å². The Morgan fingerprint density at radius 1 is 1.14 bits per heavy atom. The minimum absolute atomic E-state index is 0.0338. The number of ether oxygens (including phenoxy) is 1. The summed E-state index contributed by atoms with van der Waals surface area (Å²) in [6, 6.07) is 14.0. The molecule has 0 amide bonds. The van der Waals surface area contributed by atoms with E-state index < -0.39 is 11.8 Å². The van der Waals surface area contributed by atoms with E-state index in [9.17, 15) is 9.18 Å². The lowest BCUT2D eigenvalue weighted by Crippen LogP contribution is -2.04. The average molecular weight is 286 g/mol. The second kappa shape index (κ2) is 7.36. The van der Waals surface area contributed by atoms with Crippen LogP contribution in [0.3, 0.4) is 0 Å². The maximum Gasteiger partial charge on any atom is 0.338 e. The van der Waals surface area contributed by atoms with Crippen molar-refractivity contribution in [1.82, 2.24) is 0 Å². The molecule has 2 aromatic rings. The maximum atomic E-state index is 13.8. The number of rotatable bonds is 6. The first-order valence-electron chi connectivity index (χ1n) is 6.48.